The predicted octanol–water partition coefficient (Wildman–Crippen LogP) is 1.45. The largest absolute Gasteiger partial charge is 0.301 e. The van der Waals surface area contributed by atoms with Gasteiger partial charge in [0.15, 0.2) is 0 Å². The summed E-state index contributed by atoms with van der Waals surface area (Å²) in [5.41, 5.74) is 0. The Labute approximate surface area is 56.0 Å². The van der Waals surface area contributed by atoms with Gasteiger partial charge in [0.25, 0.3) is 0 Å². The number of carbonyl (C=O) groups excluding carboxylic acids is 1. The molecule has 0 amide bonds. The van der Waals surface area contributed by atoms with Crippen molar-refractivity contribution in [3.63, 3.8) is 0 Å². The zero-order chi connectivity index (χ0) is 7.11. The van der Waals surface area contributed by atoms with Crippen LogP contribution in [0.1, 0.15) is 26.2 Å². The van der Waals surface area contributed by atoms with Crippen molar-refractivity contribution in [3.8, 4) is 0 Å². The second-order valence-corrected chi connectivity index (χ2v) is 1.87. The summed E-state index contributed by atoms with van der Waals surface area (Å²) in [7, 11) is 1.72. The van der Waals surface area contributed by atoms with Crippen molar-refractivity contribution in [2.24, 2.45) is 4.99 Å². The molecule has 0 saturated heterocycles. The number of aliphatic imine (C=N–C) groups is 1. The average Bonchev–Trinajstić information content (AvgIpc) is 1.89. The molecule has 0 aliphatic rings. The third-order valence-electron chi connectivity index (χ3n) is 1.13. The first kappa shape index (κ1) is 8.34. The van der Waals surface area contributed by atoms with Crippen LogP contribution in [-0.4, -0.2) is 19.0 Å². The van der Waals surface area contributed by atoms with E-state index in [1.165, 1.54) is 0 Å². The zero-order valence-corrected chi connectivity index (χ0v) is 6.05. The highest BCUT2D eigenvalue weighted by molar-refractivity contribution is 5.80. The van der Waals surface area contributed by atoms with Gasteiger partial charge >= 0.3 is 0 Å². The fourth-order valence-corrected chi connectivity index (χ4v) is 0.531. The van der Waals surface area contributed by atoms with Gasteiger partial charge in [0.2, 0.25) is 0 Å². The maximum absolute atomic E-state index is 10.6. The molecule has 0 saturated carbocycles. The highest BCUT2D eigenvalue weighted by Crippen LogP contribution is 1.90. The second-order valence-electron chi connectivity index (χ2n) is 1.87. The molecular formula is C7H13NO. The van der Waals surface area contributed by atoms with Gasteiger partial charge in [-0.3, -0.25) is 4.79 Å². The van der Waals surface area contributed by atoms with Crippen LogP contribution in [0.5, 0.6) is 0 Å². The van der Waals surface area contributed by atoms with Crippen LogP contribution in [0.25, 0.3) is 0 Å². The van der Waals surface area contributed by atoms with Crippen LogP contribution in [0.15, 0.2) is 4.99 Å². The molecule has 0 bridgehead atoms. The molecule has 0 spiro atoms. The van der Waals surface area contributed by atoms with Gasteiger partial charge in [-0.05, 0) is 12.6 Å². The minimum absolute atomic E-state index is 0.315. The second kappa shape index (κ2) is 5.48. The minimum atomic E-state index is 0.315. The van der Waals surface area contributed by atoms with E-state index in [9.17, 15) is 4.79 Å². The Morgan fingerprint density at radius 2 is 2.33 bits per heavy atom. The third-order valence-corrected chi connectivity index (χ3v) is 1.13. The zero-order valence-electron chi connectivity index (χ0n) is 6.05. The van der Waals surface area contributed by atoms with Crippen molar-refractivity contribution in [3.05, 3.63) is 0 Å². The SMILES string of the molecule is CCC(=O)CCC=NC. The molecule has 0 aromatic heterocycles. The molecule has 0 radical (unpaired) electrons. The van der Waals surface area contributed by atoms with Gasteiger partial charge in [0.1, 0.15) is 5.78 Å². The van der Waals surface area contributed by atoms with Gasteiger partial charge in [-0.2, -0.15) is 0 Å². The van der Waals surface area contributed by atoms with Crippen LogP contribution in [0.3, 0.4) is 0 Å². The van der Waals surface area contributed by atoms with E-state index in [1.807, 2.05) is 6.92 Å². The Kier molecular flexibility index (Phi) is 5.07. The quantitative estimate of drug-likeness (QED) is 0.525. The van der Waals surface area contributed by atoms with Gasteiger partial charge in [0, 0.05) is 19.9 Å². The number of nitrogens with zero attached hydrogens (tertiary/aromatic N) is 1. The molecule has 0 fully saturated rings. The third kappa shape index (κ3) is 5.21. The number of hydrogen-bond donors (Lipinski definition) is 0. The standard InChI is InChI=1S/C7H13NO/c1-3-7(9)5-4-6-8-2/h6H,3-5H2,1-2H3. The van der Waals surface area contributed by atoms with Crippen LogP contribution in [0.4, 0.5) is 0 Å². The molecule has 0 rings (SSSR count). The summed E-state index contributed by atoms with van der Waals surface area (Å²) in [6, 6.07) is 0. The first-order valence-electron chi connectivity index (χ1n) is 3.23. The highest BCUT2D eigenvalue weighted by Gasteiger charge is 1.93. The van der Waals surface area contributed by atoms with Crippen LogP contribution < -0.4 is 0 Å². The molecule has 0 N–H and O–H groups in total. The van der Waals surface area contributed by atoms with Gasteiger partial charge in [-0.25, -0.2) is 0 Å². The lowest BCUT2D eigenvalue weighted by Gasteiger charge is -1.89. The lowest BCUT2D eigenvalue weighted by molar-refractivity contribution is -0.118. The molecular weight excluding hydrogens is 114 g/mol. The molecule has 0 unspecified atom stereocenters. The number of ketones is 1. The molecule has 0 aliphatic carbocycles. The van der Waals surface area contributed by atoms with Crippen molar-refractivity contribution in [2.45, 2.75) is 26.2 Å². The average molecular weight is 127 g/mol. The maximum Gasteiger partial charge on any atom is 0.133 e. The molecule has 52 valence electrons. The summed E-state index contributed by atoms with van der Waals surface area (Å²) in [4.78, 5) is 14.4. The minimum Gasteiger partial charge on any atom is -0.301 e. The predicted molar refractivity (Wildman–Crippen MR) is 38.9 cm³/mol. The van der Waals surface area contributed by atoms with Gasteiger partial charge in [-0.1, -0.05) is 6.92 Å². The van der Waals surface area contributed by atoms with Gasteiger partial charge in [-0.15, -0.1) is 0 Å². The normalized spacial score (nSPS) is 10.4. The van der Waals surface area contributed by atoms with Crippen molar-refractivity contribution in [2.75, 3.05) is 7.05 Å². The summed E-state index contributed by atoms with van der Waals surface area (Å²) in [6.45, 7) is 1.88. The van der Waals surface area contributed by atoms with Crippen molar-refractivity contribution < 1.29 is 4.79 Å². The molecule has 9 heavy (non-hydrogen) atoms. The van der Waals surface area contributed by atoms with E-state index >= 15 is 0 Å². The summed E-state index contributed by atoms with van der Waals surface area (Å²) < 4.78 is 0. The molecule has 2 heteroatoms. The monoisotopic (exact) mass is 127 g/mol. The molecule has 0 heterocycles. The van der Waals surface area contributed by atoms with Crippen LogP contribution in [0, 0.1) is 0 Å². The van der Waals surface area contributed by atoms with Crippen molar-refractivity contribution in [1.82, 2.24) is 0 Å². The Hall–Kier alpha value is -0.660. The highest BCUT2D eigenvalue weighted by atomic mass is 16.1. The first-order valence-corrected chi connectivity index (χ1v) is 3.23. The van der Waals surface area contributed by atoms with E-state index in [4.69, 9.17) is 0 Å². The van der Waals surface area contributed by atoms with E-state index in [2.05, 4.69) is 4.99 Å². The topological polar surface area (TPSA) is 29.4 Å². The van der Waals surface area contributed by atoms with Crippen LogP contribution in [-0.2, 0) is 4.79 Å². The maximum atomic E-state index is 10.6. The van der Waals surface area contributed by atoms with E-state index in [1.54, 1.807) is 13.3 Å². The van der Waals surface area contributed by atoms with E-state index in [0.29, 0.717) is 18.6 Å². The number of rotatable bonds is 4. The summed E-state index contributed by atoms with van der Waals surface area (Å²) >= 11 is 0. The first-order chi connectivity index (χ1) is 4.31. The summed E-state index contributed by atoms with van der Waals surface area (Å²) in [5.74, 6) is 0.315. The Bertz CT molecular complexity index is 107. The Morgan fingerprint density at radius 3 is 2.78 bits per heavy atom. The summed E-state index contributed by atoms with van der Waals surface area (Å²) in [5, 5.41) is 0. The number of hydrogen-bond acceptors (Lipinski definition) is 2. The van der Waals surface area contributed by atoms with Crippen LogP contribution >= 0.6 is 0 Å². The number of Topliss-reactive ketones (excluding diaryl/α,β-unsaturated/α-hetero) is 1. The van der Waals surface area contributed by atoms with E-state index < -0.39 is 0 Å². The fourth-order valence-electron chi connectivity index (χ4n) is 0.531. The van der Waals surface area contributed by atoms with E-state index in [-0.39, 0.29) is 0 Å². The lowest BCUT2D eigenvalue weighted by atomic mass is 10.2. The fraction of sp³-hybridized carbons (Fsp3) is 0.714. The Balaban J connectivity index is 3.17. The molecule has 0 aliphatic heterocycles. The van der Waals surface area contributed by atoms with E-state index in [0.717, 1.165) is 6.42 Å². The lowest BCUT2D eigenvalue weighted by Crippen LogP contribution is -1.94. The molecule has 0 atom stereocenters. The van der Waals surface area contributed by atoms with Crippen LogP contribution in [0.2, 0.25) is 0 Å². The number of carbonyl (C=O) groups is 1. The molecule has 2 nitrogen and oxygen atoms in total. The smallest absolute Gasteiger partial charge is 0.133 e. The molecule has 0 aromatic rings. The van der Waals surface area contributed by atoms with Gasteiger partial charge in [0.05, 0.1) is 0 Å². The Morgan fingerprint density at radius 1 is 1.67 bits per heavy atom. The van der Waals surface area contributed by atoms with Crippen molar-refractivity contribution in [1.29, 1.82) is 0 Å². The van der Waals surface area contributed by atoms with Crippen molar-refractivity contribution >= 4 is 12.0 Å². The summed E-state index contributed by atoms with van der Waals surface area (Å²) in [6.07, 6.45) is 3.86. The van der Waals surface area contributed by atoms with Gasteiger partial charge < -0.3 is 4.99 Å². The molecule has 0 aromatic carbocycles.